The Labute approximate surface area is 246 Å². The van der Waals surface area contributed by atoms with Crippen molar-refractivity contribution >= 4 is 28.4 Å². The van der Waals surface area contributed by atoms with Crippen LogP contribution in [0.3, 0.4) is 0 Å². The van der Waals surface area contributed by atoms with Gasteiger partial charge in [-0.25, -0.2) is 9.97 Å². The second kappa shape index (κ2) is 23.5. The van der Waals surface area contributed by atoms with Crippen LogP contribution in [0.5, 0.6) is 0 Å². The fourth-order valence-corrected chi connectivity index (χ4v) is 14.1. The monoisotopic (exact) mass is 619 g/mol. The van der Waals surface area contributed by atoms with Crippen LogP contribution < -0.4 is 0 Å². The Morgan fingerprint density at radius 2 is 1.23 bits per heavy atom. The van der Waals surface area contributed by atoms with Gasteiger partial charge in [-0.1, -0.05) is 30.2 Å². The molecule has 1 heterocycles. The lowest BCUT2D eigenvalue weighted by Crippen LogP contribution is -2.46. The van der Waals surface area contributed by atoms with Gasteiger partial charge in [-0.15, -0.1) is 0 Å². The number of thioether (sulfide) groups is 1. The Morgan fingerprint density at radius 1 is 0.750 bits per heavy atom. The molecule has 0 aliphatic carbocycles. The molecule has 0 saturated heterocycles. The Bertz CT molecular complexity index is 806. The first-order chi connectivity index (χ1) is 19.3. The molecule has 0 spiro atoms. The molecule has 40 heavy (non-hydrogen) atoms. The van der Waals surface area contributed by atoms with Crippen LogP contribution in [-0.2, 0) is 39.1 Å². The van der Waals surface area contributed by atoms with Gasteiger partial charge in [0.2, 0.25) is 0 Å². The van der Waals surface area contributed by atoms with Gasteiger partial charge in [-0.3, -0.25) is 0 Å². The smallest absolute Gasteiger partial charge is 0.187 e. The van der Waals surface area contributed by atoms with Crippen molar-refractivity contribution < 1.29 is 32.5 Å². The third-order valence-corrected chi connectivity index (χ3v) is 15.1. The van der Waals surface area contributed by atoms with Gasteiger partial charge in [0.25, 0.3) is 0 Å². The first-order valence-electron chi connectivity index (χ1n) is 13.9. The van der Waals surface area contributed by atoms with Crippen LogP contribution in [0.4, 0.5) is 0 Å². The Hall–Kier alpha value is -1.11. The maximum atomic E-state index is 8.14. The Balaban J connectivity index is 1.94. The predicted molar refractivity (Wildman–Crippen MR) is 162 cm³/mol. The minimum Gasteiger partial charge on any atom is -0.455 e. The quantitative estimate of drug-likeness (QED) is 0.0255. The van der Waals surface area contributed by atoms with E-state index in [-0.39, 0.29) is 0 Å². The zero-order valence-electron chi connectivity index (χ0n) is 25.0. The molecule has 0 bridgehead atoms. The molecule has 1 aromatic rings. The number of azide groups is 1. The second-order valence-corrected chi connectivity index (χ2v) is 20.3. The highest BCUT2D eigenvalue weighted by Crippen LogP contribution is 2.25. The molecule has 0 amide bonds. The molecule has 1 aromatic heterocycles. The lowest BCUT2D eigenvalue weighted by molar-refractivity contribution is -0.0174. The molecule has 0 aliphatic heterocycles. The average molecular weight is 620 g/mol. The lowest BCUT2D eigenvalue weighted by Gasteiger charge is -2.33. The fourth-order valence-electron chi connectivity index (χ4n) is 3.60. The van der Waals surface area contributed by atoms with Gasteiger partial charge in [0, 0.05) is 34.8 Å². The van der Waals surface area contributed by atoms with Crippen molar-refractivity contribution in [2.45, 2.75) is 57.3 Å². The molecule has 0 unspecified atom stereocenters. The minimum atomic E-state index is -1.76. The van der Waals surface area contributed by atoms with Crippen molar-refractivity contribution in [2.75, 3.05) is 84.6 Å². The van der Waals surface area contributed by atoms with E-state index in [0.29, 0.717) is 85.8 Å². The van der Waals surface area contributed by atoms with E-state index in [9.17, 15) is 0 Å². The summed E-state index contributed by atoms with van der Waals surface area (Å²) in [7, 11) is -3.34. The van der Waals surface area contributed by atoms with Crippen LogP contribution in [0.2, 0.25) is 32.2 Å². The summed E-state index contributed by atoms with van der Waals surface area (Å²) in [5, 5.41) is 5.11. The summed E-state index contributed by atoms with van der Waals surface area (Å²) in [5.41, 5.74) is 9.08. The number of aromatic nitrogens is 2. The number of ether oxygens (including phenoxy) is 6. The van der Waals surface area contributed by atoms with E-state index >= 15 is 0 Å². The molecule has 0 N–H and O–H groups in total. The van der Waals surface area contributed by atoms with Crippen molar-refractivity contribution in [1.82, 2.24) is 9.97 Å². The molecule has 0 saturated carbocycles. The summed E-state index contributed by atoms with van der Waals surface area (Å²) in [6.07, 6.45) is 4.84. The average Bonchev–Trinajstić information content (AvgIpc) is 2.91. The third-order valence-electron chi connectivity index (χ3n) is 5.16. The van der Waals surface area contributed by atoms with Crippen LogP contribution in [-0.4, -0.2) is 111 Å². The third kappa shape index (κ3) is 21.6. The van der Waals surface area contributed by atoms with E-state index in [0.717, 1.165) is 16.1 Å². The van der Waals surface area contributed by atoms with Crippen LogP contribution in [0.1, 0.15) is 18.9 Å². The molecular weight excluding hydrogens is 571 g/mol. The van der Waals surface area contributed by atoms with Crippen LogP contribution in [0.15, 0.2) is 22.7 Å². The van der Waals surface area contributed by atoms with Crippen molar-refractivity contribution in [3.8, 4) is 0 Å². The highest BCUT2D eigenvalue weighted by Gasteiger charge is 2.32. The van der Waals surface area contributed by atoms with Gasteiger partial charge < -0.3 is 32.5 Å². The van der Waals surface area contributed by atoms with E-state index in [1.807, 2.05) is 12.4 Å². The fraction of sp³-hybridized carbons (Fsp3) is 0.840. The maximum absolute atomic E-state index is 8.14. The van der Waals surface area contributed by atoms with Gasteiger partial charge in [0.1, 0.15) is 0 Å². The highest BCUT2D eigenvalue weighted by atomic mass is 32.2. The van der Waals surface area contributed by atoms with Crippen molar-refractivity contribution in [3.63, 3.8) is 0 Å². The highest BCUT2D eigenvalue weighted by molar-refractivity contribution is 8.00. The van der Waals surface area contributed by atoms with Crippen molar-refractivity contribution in [3.05, 3.63) is 28.4 Å². The summed E-state index contributed by atoms with van der Waals surface area (Å²) < 4.78 is 39.3. The van der Waals surface area contributed by atoms with Crippen LogP contribution >= 0.6 is 11.8 Å². The molecule has 230 valence electrons. The number of nitrogens with zero attached hydrogens (tertiary/aromatic N) is 5. The Morgan fingerprint density at radius 3 is 1.70 bits per heavy atom. The Kier molecular flexibility index (Phi) is 21.6. The summed E-state index contributed by atoms with van der Waals surface area (Å²) in [6.45, 7) is 17.5. The van der Waals surface area contributed by atoms with Gasteiger partial charge in [0.15, 0.2) is 21.8 Å². The van der Waals surface area contributed by atoms with E-state index in [1.165, 1.54) is 12.5 Å². The molecule has 1 rings (SSSR count). The molecule has 0 aromatic carbocycles. The predicted octanol–water partition coefficient (Wildman–Crippen LogP) is 4.85. The molecule has 15 heteroatoms. The topological polar surface area (TPSA) is 139 Å². The second-order valence-electron chi connectivity index (χ2n) is 10.1. The standard InChI is InChI=1S/C25H49N5O7SSi2/c1-6-19-39(2,3)37-40(4,5)23-38-25-27-20-24(21-28-25)22-36-18-17-35-16-15-34-14-13-33-12-11-32-10-9-31-8-7-29-30-26/h20-21H,6-19,22-23H2,1-5H3. The SMILES string of the molecule is CCC[Si](C)(C)O[Si](C)(C)CSc1ncc(COCCOCCOCCOCCOCCOCCN=[N+]=[N-])cn1. The normalized spacial score (nSPS) is 12.0. The molecule has 0 aliphatic rings. The van der Waals surface area contributed by atoms with Gasteiger partial charge in [-0.05, 0) is 37.8 Å². The first-order valence-corrected chi connectivity index (χ1v) is 21.1. The molecule has 0 radical (unpaired) electrons. The van der Waals surface area contributed by atoms with Crippen LogP contribution in [0, 0.1) is 0 Å². The maximum Gasteiger partial charge on any atom is 0.187 e. The lowest BCUT2D eigenvalue weighted by atomic mass is 10.4. The van der Waals surface area contributed by atoms with Crippen molar-refractivity contribution in [2.24, 2.45) is 5.11 Å². The van der Waals surface area contributed by atoms with E-state index in [1.54, 1.807) is 11.8 Å². The van der Waals surface area contributed by atoms with Crippen molar-refractivity contribution in [1.29, 1.82) is 0 Å². The zero-order chi connectivity index (χ0) is 29.4. The van der Waals surface area contributed by atoms with Gasteiger partial charge >= 0.3 is 0 Å². The largest absolute Gasteiger partial charge is 0.455 e. The first kappa shape index (κ1) is 36.9. The molecule has 0 fully saturated rings. The summed E-state index contributed by atoms with van der Waals surface area (Å²) in [5.74, 6) is 0. The van der Waals surface area contributed by atoms with E-state index in [4.69, 9.17) is 38.1 Å². The summed E-state index contributed by atoms with van der Waals surface area (Å²) in [4.78, 5) is 11.6. The van der Waals surface area contributed by atoms with E-state index < -0.39 is 16.6 Å². The number of hydrogen-bond acceptors (Lipinski definition) is 11. The molecule has 0 atom stereocenters. The minimum absolute atomic E-state index is 0.332. The summed E-state index contributed by atoms with van der Waals surface area (Å²) >= 11 is 1.68. The number of hydrogen-bond donors (Lipinski definition) is 0. The number of rotatable bonds is 27. The zero-order valence-corrected chi connectivity index (χ0v) is 27.8. The molecule has 12 nitrogen and oxygen atoms in total. The van der Waals surface area contributed by atoms with E-state index in [2.05, 4.69) is 53.1 Å². The summed E-state index contributed by atoms with van der Waals surface area (Å²) in [6, 6.07) is 1.20. The van der Waals surface area contributed by atoms with Crippen LogP contribution in [0.25, 0.3) is 10.4 Å². The molecular formula is C25H49N5O7SSi2. The van der Waals surface area contributed by atoms with Gasteiger partial charge in [-0.2, -0.15) is 0 Å². The van der Waals surface area contributed by atoms with Gasteiger partial charge in [0.05, 0.1) is 79.3 Å².